The van der Waals surface area contributed by atoms with E-state index in [1.54, 1.807) is 6.20 Å². The van der Waals surface area contributed by atoms with Crippen molar-refractivity contribution in [1.29, 1.82) is 0 Å². The van der Waals surface area contributed by atoms with Crippen molar-refractivity contribution in [2.75, 3.05) is 13.1 Å². The van der Waals surface area contributed by atoms with Crippen molar-refractivity contribution < 1.29 is 4.79 Å². The minimum atomic E-state index is 0.240. The van der Waals surface area contributed by atoms with Crippen LogP contribution in [0.1, 0.15) is 25.3 Å². The molecule has 4 rings (SSSR count). The topological polar surface area (TPSA) is 51.0 Å². The molecule has 2 aliphatic carbocycles. The molecule has 0 spiro atoms. The van der Waals surface area contributed by atoms with E-state index in [0.717, 1.165) is 25.9 Å². The van der Waals surface area contributed by atoms with Gasteiger partial charge < -0.3 is 4.90 Å². The number of carbonyl (C=O) groups excluding carboxylic acids is 1. The molecule has 2 fully saturated rings. The zero-order chi connectivity index (χ0) is 12.8. The molecule has 5 nitrogen and oxygen atoms in total. The van der Waals surface area contributed by atoms with E-state index >= 15 is 0 Å². The van der Waals surface area contributed by atoms with Gasteiger partial charge in [-0.1, -0.05) is 17.4 Å². The first-order valence-electron chi connectivity index (χ1n) is 7.14. The summed E-state index contributed by atoms with van der Waals surface area (Å²) in [5.74, 6) is 1.76. The Morgan fingerprint density at radius 1 is 1.26 bits per heavy atom. The standard InChI is InChI=1S/C14H18N4O/c19-14(13-8-10-1-2-11(13)7-10)17-5-3-12(9-17)18-6-4-15-16-18/h1-2,4,6,10-13H,3,5,7-9H2. The van der Waals surface area contributed by atoms with Gasteiger partial charge in [0.25, 0.3) is 0 Å². The Kier molecular flexibility index (Phi) is 2.47. The maximum atomic E-state index is 12.6. The Morgan fingerprint density at radius 2 is 2.21 bits per heavy atom. The number of carbonyl (C=O) groups is 1. The van der Waals surface area contributed by atoms with Crippen LogP contribution in [0.15, 0.2) is 24.5 Å². The van der Waals surface area contributed by atoms with Crippen LogP contribution in [-0.4, -0.2) is 38.9 Å². The van der Waals surface area contributed by atoms with Crippen molar-refractivity contribution >= 4 is 5.91 Å². The van der Waals surface area contributed by atoms with Crippen molar-refractivity contribution in [3.05, 3.63) is 24.5 Å². The van der Waals surface area contributed by atoms with Crippen LogP contribution in [-0.2, 0) is 4.79 Å². The molecule has 1 aromatic rings. The average Bonchev–Trinajstić information content (AvgIpc) is 3.18. The SMILES string of the molecule is O=C(C1CC2C=CC1C2)N1CCC(n2ccnn2)C1. The molecule has 1 saturated carbocycles. The molecule has 2 heterocycles. The van der Waals surface area contributed by atoms with Gasteiger partial charge in [-0.05, 0) is 31.1 Å². The van der Waals surface area contributed by atoms with E-state index in [9.17, 15) is 4.79 Å². The number of hydrogen-bond donors (Lipinski definition) is 0. The van der Waals surface area contributed by atoms with Gasteiger partial charge in [-0.15, -0.1) is 5.10 Å². The van der Waals surface area contributed by atoms with Crippen molar-refractivity contribution in [2.24, 2.45) is 17.8 Å². The van der Waals surface area contributed by atoms with E-state index in [1.165, 1.54) is 6.42 Å². The molecule has 19 heavy (non-hydrogen) atoms. The lowest BCUT2D eigenvalue weighted by Gasteiger charge is -2.24. The van der Waals surface area contributed by atoms with E-state index in [0.29, 0.717) is 23.8 Å². The van der Waals surface area contributed by atoms with Crippen molar-refractivity contribution in [3.63, 3.8) is 0 Å². The summed E-state index contributed by atoms with van der Waals surface area (Å²) in [5.41, 5.74) is 0. The lowest BCUT2D eigenvalue weighted by molar-refractivity contribution is -0.135. The summed E-state index contributed by atoms with van der Waals surface area (Å²) in [5, 5.41) is 7.89. The lowest BCUT2D eigenvalue weighted by atomic mass is 9.92. The Morgan fingerprint density at radius 3 is 2.89 bits per heavy atom. The Labute approximate surface area is 112 Å². The second kappa shape index (κ2) is 4.18. The third-order valence-corrected chi connectivity index (χ3v) is 4.89. The average molecular weight is 258 g/mol. The third-order valence-electron chi connectivity index (χ3n) is 4.89. The summed E-state index contributed by atoms with van der Waals surface area (Å²) in [7, 11) is 0. The summed E-state index contributed by atoms with van der Waals surface area (Å²) in [4.78, 5) is 14.6. The number of nitrogens with zero attached hydrogens (tertiary/aromatic N) is 4. The van der Waals surface area contributed by atoms with Gasteiger partial charge in [0.15, 0.2) is 0 Å². The first kappa shape index (κ1) is 11.2. The van der Waals surface area contributed by atoms with Crippen molar-refractivity contribution in [2.45, 2.75) is 25.3 Å². The summed E-state index contributed by atoms with van der Waals surface area (Å²) in [6, 6.07) is 0.306. The molecule has 3 aliphatic rings. The largest absolute Gasteiger partial charge is 0.340 e. The zero-order valence-electron chi connectivity index (χ0n) is 10.9. The number of rotatable bonds is 2. The Bertz CT molecular complexity index is 510. The predicted octanol–water partition coefficient (Wildman–Crippen LogP) is 1.26. The predicted molar refractivity (Wildman–Crippen MR) is 69.1 cm³/mol. The molecule has 4 atom stereocenters. The smallest absolute Gasteiger partial charge is 0.226 e. The molecular formula is C14H18N4O. The number of likely N-dealkylation sites (tertiary alicyclic amines) is 1. The van der Waals surface area contributed by atoms with Gasteiger partial charge in [0.1, 0.15) is 0 Å². The summed E-state index contributed by atoms with van der Waals surface area (Å²) < 4.78 is 1.88. The van der Waals surface area contributed by atoms with Gasteiger partial charge in [0.2, 0.25) is 5.91 Å². The van der Waals surface area contributed by atoms with E-state index < -0.39 is 0 Å². The first-order chi connectivity index (χ1) is 9.31. The molecule has 0 N–H and O–H groups in total. The van der Waals surface area contributed by atoms with Gasteiger partial charge in [0, 0.05) is 25.2 Å². The second-order valence-electron chi connectivity index (χ2n) is 6.00. The zero-order valence-corrected chi connectivity index (χ0v) is 10.9. The monoisotopic (exact) mass is 258 g/mol. The number of fused-ring (bicyclic) bond motifs is 2. The fourth-order valence-electron chi connectivity index (χ4n) is 3.87. The second-order valence-corrected chi connectivity index (χ2v) is 6.00. The minimum absolute atomic E-state index is 0.240. The van der Waals surface area contributed by atoms with Crippen molar-refractivity contribution in [3.8, 4) is 0 Å². The maximum absolute atomic E-state index is 12.6. The summed E-state index contributed by atoms with van der Waals surface area (Å²) in [6.07, 6.45) is 11.4. The normalized spacial score (nSPS) is 36.3. The maximum Gasteiger partial charge on any atom is 0.226 e. The van der Waals surface area contributed by atoms with Crippen LogP contribution in [0.5, 0.6) is 0 Å². The van der Waals surface area contributed by atoms with Gasteiger partial charge in [0.05, 0.1) is 12.2 Å². The fraction of sp³-hybridized carbons (Fsp3) is 0.643. The fourth-order valence-corrected chi connectivity index (χ4v) is 3.87. The quantitative estimate of drug-likeness (QED) is 0.750. The minimum Gasteiger partial charge on any atom is -0.340 e. The Balaban J connectivity index is 1.44. The molecule has 100 valence electrons. The molecule has 4 unspecified atom stereocenters. The number of aromatic nitrogens is 3. The number of allylic oxidation sites excluding steroid dienone is 2. The van der Waals surface area contributed by atoms with Crippen LogP contribution in [0, 0.1) is 17.8 Å². The van der Waals surface area contributed by atoms with E-state index in [1.807, 2.05) is 15.8 Å². The van der Waals surface area contributed by atoms with Crippen LogP contribution in [0.4, 0.5) is 0 Å². The molecule has 1 amide bonds. The van der Waals surface area contributed by atoms with Crippen LogP contribution in [0.3, 0.4) is 0 Å². The molecule has 0 aromatic carbocycles. The Hall–Kier alpha value is -1.65. The molecule has 1 aromatic heterocycles. The lowest BCUT2D eigenvalue weighted by Crippen LogP contribution is -2.36. The van der Waals surface area contributed by atoms with E-state index in [-0.39, 0.29) is 5.92 Å². The molecule has 1 aliphatic heterocycles. The van der Waals surface area contributed by atoms with Crippen LogP contribution in [0.25, 0.3) is 0 Å². The highest BCUT2D eigenvalue weighted by Crippen LogP contribution is 2.44. The summed E-state index contributed by atoms with van der Waals surface area (Å²) in [6.45, 7) is 1.65. The van der Waals surface area contributed by atoms with Gasteiger partial charge in [-0.2, -0.15) is 0 Å². The van der Waals surface area contributed by atoms with Crippen LogP contribution < -0.4 is 0 Å². The highest BCUT2D eigenvalue weighted by atomic mass is 16.2. The third kappa shape index (κ3) is 1.79. The van der Waals surface area contributed by atoms with Crippen LogP contribution in [0.2, 0.25) is 0 Å². The van der Waals surface area contributed by atoms with Gasteiger partial charge in [-0.25, -0.2) is 4.68 Å². The van der Waals surface area contributed by atoms with Crippen molar-refractivity contribution in [1.82, 2.24) is 19.9 Å². The number of hydrogen-bond acceptors (Lipinski definition) is 3. The van der Waals surface area contributed by atoms with Gasteiger partial charge >= 0.3 is 0 Å². The van der Waals surface area contributed by atoms with Crippen LogP contribution >= 0.6 is 0 Å². The first-order valence-corrected chi connectivity index (χ1v) is 7.14. The number of amides is 1. The highest BCUT2D eigenvalue weighted by Gasteiger charge is 2.42. The molecule has 2 bridgehead atoms. The molecule has 1 saturated heterocycles. The summed E-state index contributed by atoms with van der Waals surface area (Å²) >= 11 is 0. The van der Waals surface area contributed by atoms with E-state index in [2.05, 4.69) is 22.5 Å². The van der Waals surface area contributed by atoms with Gasteiger partial charge in [-0.3, -0.25) is 4.79 Å². The molecule has 5 heteroatoms. The molecular weight excluding hydrogens is 240 g/mol. The highest BCUT2D eigenvalue weighted by molar-refractivity contribution is 5.80. The van der Waals surface area contributed by atoms with E-state index in [4.69, 9.17) is 0 Å². The molecule has 0 radical (unpaired) electrons.